The van der Waals surface area contributed by atoms with Crippen molar-refractivity contribution in [3.63, 3.8) is 0 Å². The maximum atomic E-state index is 2.48. The maximum Gasteiger partial charge on any atom is 0.0811 e. The zero-order chi connectivity index (χ0) is 10.5. The van der Waals surface area contributed by atoms with Crippen LogP contribution in [0.1, 0.15) is 26.7 Å². The lowest BCUT2D eigenvalue weighted by Crippen LogP contribution is -2.42. The van der Waals surface area contributed by atoms with Crippen molar-refractivity contribution in [3.8, 4) is 0 Å². The summed E-state index contributed by atoms with van der Waals surface area (Å²) in [5.74, 6) is 5.12. The van der Waals surface area contributed by atoms with Gasteiger partial charge in [0, 0.05) is 5.92 Å². The Bertz CT molecular complexity index is 214. The molecule has 0 aromatic heterocycles. The molecule has 1 heteroatoms. The van der Waals surface area contributed by atoms with Crippen LogP contribution in [-0.2, 0) is 0 Å². The van der Waals surface area contributed by atoms with Crippen LogP contribution < -0.4 is 0 Å². The summed E-state index contributed by atoms with van der Waals surface area (Å²) in [4.78, 5) is 0. The van der Waals surface area contributed by atoms with E-state index in [1.54, 1.807) is 0 Å². The number of quaternary nitrogens is 1. The average molecular weight is 196 g/mol. The Labute approximate surface area is 89.1 Å². The van der Waals surface area contributed by atoms with Gasteiger partial charge >= 0.3 is 0 Å². The van der Waals surface area contributed by atoms with E-state index in [-0.39, 0.29) is 0 Å². The van der Waals surface area contributed by atoms with Gasteiger partial charge in [-0.15, -0.1) is 0 Å². The summed E-state index contributed by atoms with van der Waals surface area (Å²) in [6.45, 7) is 6.34. The molecule has 2 fully saturated rings. The largest absolute Gasteiger partial charge is 0.331 e. The first kappa shape index (κ1) is 10.5. The molecule has 14 heavy (non-hydrogen) atoms. The molecule has 82 valence electrons. The summed E-state index contributed by atoms with van der Waals surface area (Å²) in [6.07, 6.45) is 3.05. The van der Waals surface area contributed by atoms with E-state index in [1.807, 2.05) is 0 Å². The molecule has 2 aliphatic rings. The Balaban J connectivity index is 2.00. The lowest BCUT2D eigenvalue weighted by Gasteiger charge is -2.36. The fourth-order valence-electron chi connectivity index (χ4n) is 4.01. The van der Waals surface area contributed by atoms with E-state index in [4.69, 9.17) is 0 Å². The van der Waals surface area contributed by atoms with Crippen LogP contribution in [0.2, 0.25) is 0 Å². The fourth-order valence-corrected chi connectivity index (χ4v) is 4.01. The molecule has 2 aliphatic carbocycles. The molecule has 0 spiro atoms. The van der Waals surface area contributed by atoms with Gasteiger partial charge in [-0.1, -0.05) is 13.8 Å². The molecule has 0 radical (unpaired) electrons. The monoisotopic (exact) mass is 196 g/mol. The second-order valence-corrected chi connectivity index (χ2v) is 6.85. The first-order valence-corrected chi connectivity index (χ1v) is 6.19. The normalized spacial score (nSPS) is 47.4. The molecule has 0 saturated heterocycles. The Kier molecular flexibility index (Phi) is 2.42. The minimum atomic E-state index is 0.991. The van der Waals surface area contributed by atoms with Gasteiger partial charge in [0.2, 0.25) is 0 Å². The van der Waals surface area contributed by atoms with Gasteiger partial charge in [0.25, 0.3) is 0 Å². The summed E-state index contributed by atoms with van der Waals surface area (Å²) in [5, 5.41) is 0. The zero-order valence-corrected chi connectivity index (χ0v) is 10.5. The molecule has 2 bridgehead atoms. The lowest BCUT2D eigenvalue weighted by molar-refractivity contribution is -0.874. The Morgan fingerprint density at radius 2 is 1.64 bits per heavy atom. The molecular weight excluding hydrogens is 170 g/mol. The highest BCUT2D eigenvalue weighted by molar-refractivity contribution is 4.97. The highest BCUT2D eigenvalue weighted by Crippen LogP contribution is 2.55. The van der Waals surface area contributed by atoms with Crippen molar-refractivity contribution in [2.24, 2.45) is 29.6 Å². The van der Waals surface area contributed by atoms with Gasteiger partial charge in [0.15, 0.2) is 0 Å². The van der Waals surface area contributed by atoms with E-state index in [0.717, 1.165) is 34.1 Å². The second-order valence-electron chi connectivity index (χ2n) is 6.85. The highest BCUT2D eigenvalue weighted by Gasteiger charge is 2.49. The van der Waals surface area contributed by atoms with Crippen molar-refractivity contribution in [1.29, 1.82) is 0 Å². The van der Waals surface area contributed by atoms with Gasteiger partial charge in [-0.3, -0.25) is 0 Å². The zero-order valence-electron chi connectivity index (χ0n) is 10.5. The molecule has 5 atom stereocenters. The molecule has 2 saturated carbocycles. The summed E-state index contributed by atoms with van der Waals surface area (Å²) in [6, 6.07) is 0. The van der Waals surface area contributed by atoms with E-state index in [2.05, 4.69) is 35.0 Å². The summed E-state index contributed by atoms with van der Waals surface area (Å²) >= 11 is 0. The SMILES string of the molecule is CC1C2CC(C[N+](C)(C)C)C(C2)C1C. The number of hydrogen-bond acceptors (Lipinski definition) is 0. The molecule has 2 rings (SSSR count). The highest BCUT2D eigenvalue weighted by atomic mass is 15.3. The summed E-state index contributed by atoms with van der Waals surface area (Å²) < 4.78 is 1.15. The van der Waals surface area contributed by atoms with Crippen molar-refractivity contribution in [2.75, 3.05) is 27.7 Å². The predicted molar refractivity (Wildman–Crippen MR) is 60.9 cm³/mol. The van der Waals surface area contributed by atoms with Gasteiger partial charge < -0.3 is 4.48 Å². The van der Waals surface area contributed by atoms with Crippen LogP contribution in [0.5, 0.6) is 0 Å². The van der Waals surface area contributed by atoms with Gasteiger partial charge in [-0.05, 0) is 36.5 Å². The van der Waals surface area contributed by atoms with E-state index in [1.165, 1.54) is 19.4 Å². The van der Waals surface area contributed by atoms with Crippen molar-refractivity contribution in [1.82, 2.24) is 0 Å². The Hall–Kier alpha value is -0.0400. The smallest absolute Gasteiger partial charge is 0.0811 e. The summed E-state index contributed by atoms with van der Waals surface area (Å²) in [5.41, 5.74) is 0. The third-order valence-corrected chi connectivity index (χ3v) is 4.82. The molecular formula is C13H26N+. The van der Waals surface area contributed by atoms with Crippen LogP contribution >= 0.6 is 0 Å². The quantitative estimate of drug-likeness (QED) is 0.596. The lowest BCUT2D eigenvalue weighted by atomic mass is 9.75. The third kappa shape index (κ3) is 1.71. The molecule has 0 aliphatic heterocycles. The van der Waals surface area contributed by atoms with Gasteiger partial charge in [-0.2, -0.15) is 0 Å². The van der Waals surface area contributed by atoms with Gasteiger partial charge in [-0.25, -0.2) is 0 Å². The number of fused-ring (bicyclic) bond motifs is 2. The predicted octanol–water partition coefficient (Wildman–Crippen LogP) is 2.62. The minimum absolute atomic E-state index is 0.991. The first-order chi connectivity index (χ1) is 6.38. The van der Waals surface area contributed by atoms with E-state index in [9.17, 15) is 0 Å². The number of nitrogens with zero attached hydrogens (tertiary/aromatic N) is 1. The molecule has 0 aromatic carbocycles. The molecule has 0 N–H and O–H groups in total. The molecule has 0 aromatic rings. The molecule has 0 heterocycles. The van der Waals surface area contributed by atoms with Crippen LogP contribution in [0.3, 0.4) is 0 Å². The molecule has 1 nitrogen and oxygen atoms in total. The van der Waals surface area contributed by atoms with Crippen LogP contribution in [-0.4, -0.2) is 32.2 Å². The third-order valence-electron chi connectivity index (χ3n) is 4.82. The molecule has 0 amide bonds. The summed E-state index contributed by atoms with van der Waals surface area (Å²) in [7, 11) is 7.00. The van der Waals surface area contributed by atoms with Crippen molar-refractivity contribution in [3.05, 3.63) is 0 Å². The topological polar surface area (TPSA) is 0 Å². The van der Waals surface area contributed by atoms with Crippen LogP contribution in [0, 0.1) is 29.6 Å². The first-order valence-electron chi connectivity index (χ1n) is 6.19. The number of rotatable bonds is 2. The molecule has 5 unspecified atom stereocenters. The number of hydrogen-bond donors (Lipinski definition) is 0. The fraction of sp³-hybridized carbons (Fsp3) is 1.00. The van der Waals surface area contributed by atoms with E-state index >= 15 is 0 Å². The van der Waals surface area contributed by atoms with Crippen molar-refractivity contribution < 1.29 is 4.48 Å². The van der Waals surface area contributed by atoms with Crippen LogP contribution in [0.25, 0.3) is 0 Å². The van der Waals surface area contributed by atoms with Gasteiger partial charge in [0.05, 0.1) is 27.7 Å². The van der Waals surface area contributed by atoms with Gasteiger partial charge in [0.1, 0.15) is 0 Å². The van der Waals surface area contributed by atoms with E-state index in [0.29, 0.717) is 0 Å². The Morgan fingerprint density at radius 3 is 2.07 bits per heavy atom. The van der Waals surface area contributed by atoms with E-state index < -0.39 is 0 Å². The van der Waals surface area contributed by atoms with Crippen LogP contribution in [0.15, 0.2) is 0 Å². The maximum absolute atomic E-state index is 2.48. The standard InChI is InChI=1S/C13H26N/c1-9-10(2)13-7-11(9)6-12(13)8-14(3,4)5/h9-13H,6-8H2,1-5H3/q+1. The van der Waals surface area contributed by atoms with Crippen molar-refractivity contribution >= 4 is 0 Å². The second kappa shape index (κ2) is 3.23. The average Bonchev–Trinajstić information content (AvgIpc) is 2.51. The Morgan fingerprint density at radius 1 is 1.00 bits per heavy atom. The van der Waals surface area contributed by atoms with Crippen LogP contribution in [0.4, 0.5) is 0 Å². The minimum Gasteiger partial charge on any atom is -0.331 e. The van der Waals surface area contributed by atoms with Crippen molar-refractivity contribution in [2.45, 2.75) is 26.7 Å².